The summed E-state index contributed by atoms with van der Waals surface area (Å²) in [4.78, 5) is 4.29. The molecule has 0 amide bonds. The van der Waals surface area contributed by atoms with E-state index in [0.717, 1.165) is 30.3 Å². The van der Waals surface area contributed by atoms with E-state index in [9.17, 15) is 0 Å². The third kappa shape index (κ3) is 5.21. The highest BCUT2D eigenvalue weighted by molar-refractivity contribution is 5.79. The Morgan fingerprint density at radius 1 is 1.16 bits per heavy atom. The third-order valence-electron chi connectivity index (χ3n) is 4.45. The van der Waals surface area contributed by atoms with E-state index in [1.807, 2.05) is 47.3 Å². The number of guanidine groups is 1. The normalized spacial score (nSPS) is 14.9. The average molecular weight is 337 g/mol. The zero-order chi connectivity index (χ0) is 17.3. The minimum atomic E-state index is 0.655. The lowest BCUT2D eigenvalue weighted by Crippen LogP contribution is -2.37. The predicted molar refractivity (Wildman–Crippen MR) is 103 cm³/mol. The second-order valence-electron chi connectivity index (χ2n) is 6.30. The minimum absolute atomic E-state index is 0.655. The van der Waals surface area contributed by atoms with E-state index in [2.05, 4.69) is 26.8 Å². The summed E-state index contributed by atoms with van der Waals surface area (Å²) < 4.78 is 1.89. The highest BCUT2D eigenvalue weighted by Crippen LogP contribution is 2.19. The zero-order valence-electron chi connectivity index (χ0n) is 14.9. The lowest BCUT2D eigenvalue weighted by atomic mass is 9.97. The van der Waals surface area contributed by atoms with Gasteiger partial charge in [0.15, 0.2) is 5.96 Å². The monoisotopic (exact) mass is 337 g/mol. The van der Waals surface area contributed by atoms with E-state index < -0.39 is 0 Å². The highest BCUT2D eigenvalue weighted by atomic mass is 15.3. The van der Waals surface area contributed by atoms with Crippen molar-refractivity contribution in [3.05, 3.63) is 59.9 Å². The number of aromatic nitrogens is 2. The molecular weight excluding hydrogens is 310 g/mol. The molecule has 2 aromatic rings. The van der Waals surface area contributed by atoms with Crippen molar-refractivity contribution in [2.45, 2.75) is 38.6 Å². The van der Waals surface area contributed by atoms with Crippen LogP contribution in [0.3, 0.4) is 0 Å². The van der Waals surface area contributed by atoms with E-state index in [-0.39, 0.29) is 0 Å². The van der Waals surface area contributed by atoms with Gasteiger partial charge in [0.2, 0.25) is 0 Å². The SMILES string of the molecule is CN=C(NCCC1=CCCCC1)NCc1ccn(-c2ccccc2)n1. The summed E-state index contributed by atoms with van der Waals surface area (Å²) in [5, 5.41) is 11.3. The van der Waals surface area contributed by atoms with Gasteiger partial charge >= 0.3 is 0 Å². The third-order valence-corrected chi connectivity index (χ3v) is 4.45. The van der Waals surface area contributed by atoms with Gasteiger partial charge in [0, 0.05) is 19.8 Å². The van der Waals surface area contributed by atoms with Crippen LogP contribution in [0.5, 0.6) is 0 Å². The van der Waals surface area contributed by atoms with Crippen LogP contribution in [0.2, 0.25) is 0 Å². The Bertz CT molecular complexity index is 715. The van der Waals surface area contributed by atoms with Crippen LogP contribution in [0, 0.1) is 0 Å². The van der Waals surface area contributed by atoms with Gasteiger partial charge in [-0.2, -0.15) is 5.10 Å². The molecule has 1 aromatic heterocycles. The Morgan fingerprint density at radius 3 is 2.80 bits per heavy atom. The van der Waals surface area contributed by atoms with Crippen molar-refractivity contribution in [3.63, 3.8) is 0 Å². The molecule has 132 valence electrons. The van der Waals surface area contributed by atoms with Crippen LogP contribution in [0.25, 0.3) is 5.69 Å². The van der Waals surface area contributed by atoms with Gasteiger partial charge in [-0.05, 0) is 50.3 Å². The van der Waals surface area contributed by atoms with Crippen LogP contribution >= 0.6 is 0 Å². The van der Waals surface area contributed by atoms with E-state index >= 15 is 0 Å². The molecule has 1 aliphatic rings. The molecule has 0 unspecified atom stereocenters. The summed E-state index contributed by atoms with van der Waals surface area (Å²) in [5.74, 6) is 0.825. The van der Waals surface area contributed by atoms with Crippen LogP contribution in [0.15, 0.2) is 59.2 Å². The molecule has 5 nitrogen and oxygen atoms in total. The first-order chi connectivity index (χ1) is 12.3. The van der Waals surface area contributed by atoms with Crippen molar-refractivity contribution < 1.29 is 0 Å². The van der Waals surface area contributed by atoms with Crippen LogP contribution in [0.1, 0.15) is 37.8 Å². The molecule has 0 saturated heterocycles. The molecule has 5 heteroatoms. The number of hydrogen-bond acceptors (Lipinski definition) is 2. The van der Waals surface area contributed by atoms with Crippen LogP contribution in [-0.4, -0.2) is 29.3 Å². The van der Waals surface area contributed by atoms with E-state index in [1.54, 1.807) is 12.6 Å². The average Bonchev–Trinajstić information content (AvgIpc) is 3.15. The van der Waals surface area contributed by atoms with Gasteiger partial charge in [0.1, 0.15) is 0 Å². The first-order valence-electron chi connectivity index (χ1n) is 9.07. The molecule has 0 bridgehead atoms. The van der Waals surface area contributed by atoms with E-state index in [1.165, 1.54) is 25.7 Å². The topological polar surface area (TPSA) is 54.2 Å². The second-order valence-corrected chi connectivity index (χ2v) is 6.30. The number of aliphatic imine (C=N–C) groups is 1. The molecule has 1 aliphatic carbocycles. The Balaban J connectivity index is 1.45. The van der Waals surface area contributed by atoms with Gasteiger partial charge in [-0.25, -0.2) is 4.68 Å². The largest absolute Gasteiger partial charge is 0.356 e. The van der Waals surface area contributed by atoms with Gasteiger partial charge in [0.05, 0.1) is 17.9 Å². The Labute approximate surface area is 149 Å². The molecule has 25 heavy (non-hydrogen) atoms. The summed E-state index contributed by atoms with van der Waals surface area (Å²) in [5.41, 5.74) is 3.63. The fourth-order valence-electron chi connectivity index (χ4n) is 3.05. The first-order valence-corrected chi connectivity index (χ1v) is 9.07. The number of para-hydroxylation sites is 1. The quantitative estimate of drug-likeness (QED) is 0.482. The maximum Gasteiger partial charge on any atom is 0.191 e. The number of nitrogens with zero attached hydrogens (tertiary/aromatic N) is 3. The molecule has 0 radical (unpaired) electrons. The molecule has 0 atom stereocenters. The number of benzene rings is 1. The van der Waals surface area contributed by atoms with Gasteiger partial charge in [-0.1, -0.05) is 29.8 Å². The fourth-order valence-corrected chi connectivity index (χ4v) is 3.05. The maximum atomic E-state index is 4.60. The Morgan fingerprint density at radius 2 is 2.04 bits per heavy atom. The molecular formula is C20H27N5. The zero-order valence-corrected chi connectivity index (χ0v) is 14.9. The molecule has 0 saturated carbocycles. The van der Waals surface area contributed by atoms with Crippen molar-refractivity contribution in [3.8, 4) is 5.69 Å². The lowest BCUT2D eigenvalue weighted by molar-refractivity contribution is 0.664. The van der Waals surface area contributed by atoms with Crippen molar-refractivity contribution >= 4 is 5.96 Å². The second kappa shape index (κ2) is 9.06. The predicted octanol–water partition coefficient (Wildman–Crippen LogP) is 3.43. The summed E-state index contributed by atoms with van der Waals surface area (Å²) in [6.07, 6.45) is 10.7. The summed E-state index contributed by atoms with van der Waals surface area (Å²) in [6.45, 7) is 1.58. The van der Waals surface area contributed by atoms with E-state index in [0.29, 0.717) is 6.54 Å². The number of nitrogens with one attached hydrogen (secondary N) is 2. The van der Waals surface area contributed by atoms with Gasteiger partial charge in [-0.15, -0.1) is 0 Å². The Kier molecular flexibility index (Phi) is 6.26. The number of allylic oxidation sites excluding steroid dienone is 1. The number of hydrogen-bond donors (Lipinski definition) is 2. The lowest BCUT2D eigenvalue weighted by Gasteiger charge is -2.14. The summed E-state index contributed by atoms with van der Waals surface area (Å²) in [7, 11) is 1.80. The van der Waals surface area contributed by atoms with Crippen molar-refractivity contribution in [1.82, 2.24) is 20.4 Å². The minimum Gasteiger partial charge on any atom is -0.356 e. The molecule has 2 N–H and O–H groups in total. The van der Waals surface area contributed by atoms with Crippen molar-refractivity contribution in [2.24, 2.45) is 4.99 Å². The van der Waals surface area contributed by atoms with Gasteiger partial charge in [-0.3, -0.25) is 4.99 Å². The molecule has 0 fully saturated rings. The van der Waals surface area contributed by atoms with Crippen LogP contribution < -0.4 is 10.6 Å². The molecule has 0 spiro atoms. The van der Waals surface area contributed by atoms with E-state index in [4.69, 9.17) is 0 Å². The van der Waals surface area contributed by atoms with Gasteiger partial charge < -0.3 is 10.6 Å². The standard InChI is InChI=1S/C20H27N5/c1-21-20(22-14-12-17-8-4-2-5-9-17)23-16-18-13-15-25(24-18)19-10-6-3-7-11-19/h3,6-8,10-11,13,15H,2,4-5,9,12,14,16H2,1H3,(H2,21,22,23). The van der Waals surface area contributed by atoms with Crippen LogP contribution in [-0.2, 0) is 6.54 Å². The highest BCUT2D eigenvalue weighted by Gasteiger charge is 2.05. The van der Waals surface area contributed by atoms with Crippen molar-refractivity contribution in [1.29, 1.82) is 0 Å². The van der Waals surface area contributed by atoms with Crippen molar-refractivity contribution in [2.75, 3.05) is 13.6 Å². The Hall–Kier alpha value is -2.56. The van der Waals surface area contributed by atoms with Gasteiger partial charge in [0.25, 0.3) is 0 Å². The molecule has 3 rings (SSSR count). The maximum absolute atomic E-state index is 4.60. The molecule has 1 heterocycles. The summed E-state index contributed by atoms with van der Waals surface area (Å²) >= 11 is 0. The molecule has 0 aliphatic heterocycles. The molecule has 1 aromatic carbocycles. The first kappa shape index (κ1) is 17.3. The summed E-state index contributed by atoms with van der Waals surface area (Å²) in [6, 6.07) is 12.2. The fraction of sp³-hybridized carbons (Fsp3) is 0.400. The van der Waals surface area contributed by atoms with Crippen LogP contribution in [0.4, 0.5) is 0 Å². The smallest absolute Gasteiger partial charge is 0.191 e. The number of rotatable bonds is 6.